The minimum Gasteiger partial charge on any atom is -0.348 e. The van der Waals surface area contributed by atoms with Gasteiger partial charge in [0, 0.05) is 58.8 Å². The van der Waals surface area contributed by atoms with E-state index in [1.807, 2.05) is 56.2 Å². The SMILES string of the molecule is CSc1cc(C)[nH]c(=O)c1CNC(=O)c1c(C)n(C(C)C2CCc3c(cnn3C)C2)c2ncccc12. The number of aromatic amines is 1. The lowest BCUT2D eigenvalue weighted by Gasteiger charge is -2.30. The summed E-state index contributed by atoms with van der Waals surface area (Å²) < 4.78 is 4.21. The lowest BCUT2D eigenvalue weighted by molar-refractivity contribution is 0.0951. The van der Waals surface area contributed by atoms with Crippen molar-refractivity contribution < 1.29 is 4.79 Å². The third-order valence-electron chi connectivity index (χ3n) is 7.58. The number of nitrogens with zero attached hydrogens (tertiary/aromatic N) is 4. The number of nitrogens with one attached hydrogen (secondary N) is 2. The van der Waals surface area contributed by atoms with E-state index in [4.69, 9.17) is 0 Å². The molecular formula is C27H32N6O2S. The number of hydrogen-bond acceptors (Lipinski definition) is 5. The fourth-order valence-corrected chi connectivity index (χ4v) is 6.37. The molecule has 36 heavy (non-hydrogen) atoms. The standard InChI is InChI=1S/C27H32N6O2S/c1-15-11-23(36-5)21(26(34)31-15)14-29-27(35)24-17(3)33(25-20(24)7-6-10-28-25)16(2)18-8-9-22-19(12-18)13-30-32(22)4/h6-7,10-11,13,16,18H,8-9,12,14H2,1-5H3,(H,29,35)(H,31,34). The summed E-state index contributed by atoms with van der Waals surface area (Å²) in [6, 6.07) is 5.93. The minimum atomic E-state index is -0.193. The smallest absolute Gasteiger partial charge is 0.254 e. The number of carbonyl (C=O) groups excluding carboxylic acids is 1. The average Bonchev–Trinajstić information content (AvgIpc) is 3.38. The number of thioether (sulfide) groups is 1. The van der Waals surface area contributed by atoms with Gasteiger partial charge in [0.2, 0.25) is 0 Å². The molecule has 5 rings (SSSR count). The maximum absolute atomic E-state index is 13.5. The number of fused-ring (bicyclic) bond motifs is 2. The molecule has 2 atom stereocenters. The van der Waals surface area contributed by atoms with Gasteiger partial charge in [-0.1, -0.05) is 0 Å². The predicted octanol–water partition coefficient (Wildman–Crippen LogP) is 4.09. The van der Waals surface area contributed by atoms with E-state index in [0.717, 1.165) is 46.6 Å². The summed E-state index contributed by atoms with van der Waals surface area (Å²) in [4.78, 5) is 34.5. The van der Waals surface area contributed by atoms with E-state index in [2.05, 4.69) is 31.9 Å². The zero-order valence-electron chi connectivity index (χ0n) is 21.4. The van der Waals surface area contributed by atoms with Gasteiger partial charge < -0.3 is 14.9 Å². The fraction of sp³-hybridized carbons (Fsp3) is 0.407. The van der Waals surface area contributed by atoms with Gasteiger partial charge in [0.1, 0.15) is 5.65 Å². The van der Waals surface area contributed by atoms with Gasteiger partial charge in [-0.15, -0.1) is 11.8 Å². The predicted molar refractivity (Wildman–Crippen MR) is 143 cm³/mol. The maximum atomic E-state index is 13.5. The van der Waals surface area contributed by atoms with Crippen LogP contribution in [-0.2, 0) is 26.4 Å². The van der Waals surface area contributed by atoms with Crippen molar-refractivity contribution in [2.75, 3.05) is 6.26 Å². The molecule has 9 heteroatoms. The maximum Gasteiger partial charge on any atom is 0.254 e. The molecule has 0 saturated carbocycles. The van der Waals surface area contributed by atoms with Crippen molar-refractivity contribution in [1.82, 2.24) is 29.6 Å². The van der Waals surface area contributed by atoms with Gasteiger partial charge in [0.05, 0.1) is 11.8 Å². The van der Waals surface area contributed by atoms with Crippen LogP contribution < -0.4 is 10.9 Å². The first-order valence-electron chi connectivity index (χ1n) is 12.3. The molecule has 188 valence electrons. The van der Waals surface area contributed by atoms with Crippen LogP contribution in [0.3, 0.4) is 0 Å². The molecule has 1 aliphatic carbocycles. The van der Waals surface area contributed by atoms with Crippen LogP contribution >= 0.6 is 11.8 Å². The molecule has 1 aliphatic rings. The Hall–Kier alpha value is -3.33. The normalized spacial score (nSPS) is 16.2. The van der Waals surface area contributed by atoms with E-state index in [1.165, 1.54) is 23.0 Å². The summed E-state index contributed by atoms with van der Waals surface area (Å²) in [5.74, 6) is 0.228. The number of pyridine rings is 2. The minimum absolute atomic E-state index is 0.166. The summed E-state index contributed by atoms with van der Waals surface area (Å²) in [5, 5.41) is 8.29. The third kappa shape index (κ3) is 4.15. The van der Waals surface area contributed by atoms with Crippen LogP contribution in [0.25, 0.3) is 11.0 Å². The monoisotopic (exact) mass is 504 g/mol. The second kappa shape index (κ2) is 9.61. The second-order valence-electron chi connectivity index (χ2n) is 9.70. The van der Waals surface area contributed by atoms with Crippen molar-refractivity contribution in [1.29, 1.82) is 0 Å². The van der Waals surface area contributed by atoms with Crippen molar-refractivity contribution in [3.05, 3.63) is 74.7 Å². The van der Waals surface area contributed by atoms with Crippen molar-refractivity contribution in [2.24, 2.45) is 13.0 Å². The largest absolute Gasteiger partial charge is 0.348 e. The van der Waals surface area contributed by atoms with Crippen LogP contribution in [0, 0.1) is 19.8 Å². The van der Waals surface area contributed by atoms with E-state index >= 15 is 0 Å². The molecular weight excluding hydrogens is 472 g/mol. The van der Waals surface area contributed by atoms with Crippen LogP contribution in [0.2, 0.25) is 0 Å². The molecule has 4 heterocycles. The Kier molecular flexibility index (Phi) is 6.51. The molecule has 0 saturated heterocycles. The van der Waals surface area contributed by atoms with Gasteiger partial charge in [-0.25, -0.2) is 4.98 Å². The van der Waals surface area contributed by atoms with E-state index in [9.17, 15) is 9.59 Å². The summed E-state index contributed by atoms with van der Waals surface area (Å²) >= 11 is 1.51. The van der Waals surface area contributed by atoms with E-state index < -0.39 is 0 Å². The third-order valence-corrected chi connectivity index (χ3v) is 8.39. The summed E-state index contributed by atoms with van der Waals surface area (Å²) in [7, 11) is 2.01. The number of carbonyl (C=O) groups is 1. The molecule has 8 nitrogen and oxygen atoms in total. The highest BCUT2D eigenvalue weighted by Crippen LogP contribution is 2.36. The first-order valence-corrected chi connectivity index (χ1v) is 13.5. The summed E-state index contributed by atoms with van der Waals surface area (Å²) in [6.45, 7) is 6.25. The molecule has 4 aromatic rings. The lowest BCUT2D eigenvalue weighted by atomic mass is 9.83. The van der Waals surface area contributed by atoms with Gasteiger partial charge in [-0.2, -0.15) is 5.10 Å². The Morgan fingerprint density at radius 2 is 2.17 bits per heavy atom. The van der Waals surface area contributed by atoms with Crippen molar-refractivity contribution in [3.63, 3.8) is 0 Å². The van der Waals surface area contributed by atoms with Crippen molar-refractivity contribution >= 4 is 28.7 Å². The summed E-state index contributed by atoms with van der Waals surface area (Å²) in [6.07, 6.45) is 8.73. The van der Waals surface area contributed by atoms with Gasteiger partial charge in [-0.05, 0) is 76.0 Å². The number of aromatic nitrogens is 5. The molecule has 0 fully saturated rings. The zero-order valence-corrected chi connectivity index (χ0v) is 22.2. The molecule has 0 aliphatic heterocycles. The van der Waals surface area contributed by atoms with Crippen molar-refractivity contribution in [2.45, 2.75) is 57.5 Å². The molecule has 2 N–H and O–H groups in total. The van der Waals surface area contributed by atoms with Crippen LogP contribution in [0.4, 0.5) is 0 Å². The first kappa shape index (κ1) is 24.4. The highest BCUT2D eigenvalue weighted by Gasteiger charge is 2.30. The molecule has 0 spiro atoms. The van der Waals surface area contributed by atoms with Crippen LogP contribution in [0.1, 0.15) is 58.0 Å². The van der Waals surface area contributed by atoms with Crippen molar-refractivity contribution in [3.8, 4) is 0 Å². The average molecular weight is 505 g/mol. The van der Waals surface area contributed by atoms with E-state index in [-0.39, 0.29) is 24.1 Å². The molecule has 4 aromatic heterocycles. The summed E-state index contributed by atoms with van der Waals surface area (Å²) in [5.41, 5.74) is 6.19. The second-order valence-corrected chi connectivity index (χ2v) is 10.5. The first-order chi connectivity index (χ1) is 17.3. The van der Waals surface area contributed by atoms with Crippen LogP contribution in [0.5, 0.6) is 0 Å². The highest BCUT2D eigenvalue weighted by atomic mass is 32.2. The number of hydrogen-bond donors (Lipinski definition) is 2. The fourth-order valence-electron chi connectivity index (χ4n) is 5.67. The van der Waals surface area contributed by atoms with Gasteiger partial charge in [0.25, 0.3) is 11.5 Å². The Bertz CT molecular complexity index is 1510. The highest BCUT2D eigenvalue weighted by molar-refractivity contribution is 7.98. The molecule has 0 radical (unpaired) electrons. The number of rotatable bonds is 6. The molecule has 0 aromatic carbocycles. The van der Waals surface area contributed by atoms with E-state index in [1.54, 1.807) is 6.20 Å². The van der Waals surface area contributed by atoms with Crippen LogP contribution in [0.15, 0.2) is 40.3 Å². The quantitative estimate of drug-likeness (QED) is 0.386. The lowest BCUT2D eigenvalue weighted by Crippen LogP contribution is -2.28. The number of amides is 1. The Labute approximate surface area is 214 Å². The number of aryl methyl sites for hydroxylation is 2. The Morgan fingerprint density at radius 3 is 2.94 bits per heavy atom. The Balaban J connectivity index is 1.46. The van der Waals surface area contributed by atoms with E-state index in [0.29, 0.717) is 17.0 Å². The molecule has 1 amide bonds. The van der Waals surface area contributed by atoms with Crippen LogP contribution in [-0.4, -0.2) is 36.5 Å². The Morgan fingerprint density at radius 1 is 1.36 bits per heavy atom. The zero-order chi connectivity index (χ0) is 25.6. The molecule has 0 bridgehead atoms. The number of H-pyrrole nitrogens is 1. The van der Waals surface area contributed by atoms with Gasteiger partial charge in [-0.3, -0.25) is 14.3 Å². The topological polar surface area (TPSA) is 97.6 Å². The van der Waals surface area contributed by atoms with Gasteiger partial charge >= 0.3 is 0 Å². The van der Waals surface area contributed by atoms with Gasteiger partial charge in [0.15, 0.2) is 0 Å². The molecule has 2 unspecified atom stereocenters.